The van der Waals surface area contributed by atoms with Crippen LogP contribution in [0, 0.1) is 0 Å². The highest BCUT2D eigenvalue weighted by atomic mass is 35.5. The summed E-state index contributed by atoms with van der Waals surface area (Å²) in [5, 5.41) is 1.79. The summed E-state index contributed by atoms with van der Waals surface area (Å²) in [7, 11) is 1.62. The zero-order valence-electron chi connectivity index (χ0n) is 10.9. The third kappa shape index (κ3) is 3.80. The number of halogens is 3. The van der Waals surface area contributed by atoms with Gasteiger partial charge in [-0.05, 0) is 53.9 Å². The molecule has 20 heavy (non-hydrogen) atoms. The molecular weight excluding hydrogens is 317 g/mol. The minimum Gasteiger partial charge on any atom is -0.496 e. The Hall–Kier alpha value is -0.930. The van der Waals surface area contributed by atoms with Crippen LogP contribution in [0.1, 0.15) is 17.2 Å². The van der Waals surface area contributed by atoms with Crippen molar-refractivity contribution in [3.05, 3.63) is 62.6 Å². The fraction of sp³-hybridized carbons (Fsp3) is 0.200. The van der Waals surface area contributed by atoms with Gasteiger partial charge in [-0.15, -0.1) is 0 Å². The van der Waals surface area contributed by atoms with E-state index in [2.05, 4.69) is 0 Å². The van der Waals surface area contributed by atoms with E-state index >= 15 is 0 Å². The van der Waals surface area contributed by atoms with Gasteiger partial charge in [0.2, 0.25) is 0 Å². The Morgan fingerprint density at radius 3 is 2.25 bits per heavy atom. The molecule has 0 bridgehead atoms. The average Bonchev–Trinajstić information content (AvgIpc) is 2.37. The summed E-state index contributed by atoms with van der Waals surface area (Å²) in [6.07, 6.45) is 0.584. The van der Waals surface area contributed by atoms with E-state index in [1.54, 1.807) is 19.2 Å². The molecule has 0 saturated carbocycles. The molecule has 0 fully saturated rings. The quantitative estimate of drug-likeness (QED) is 0.865. The van der Waals surface area contributed by atoms with Gasteiger partial charge in [0.25, 0.3) is 0 Å². The Bertz CT molecular complexity index is 596. The molecule has 2 N–H and O–H groups in total. The van der Waals surface area contributed by atoms with Crippen molar-refractivity contribution in [3.63, 3.8) is 0 Å². The van der Waals surface area contributed by atoms with E-state index in [4.69, 9.17) is 45.3 Å². The number of ether oxygens (including phenoxy) is 1. The third-order valence-corrected chi connectivity index (χ3v) is 3.67. The second-order valence-corrected chi connectivity index (χ2v) is 5.78. The molecule has 0 heterocycles. The molecule has 1 atom stereocenters. The smallest absolute Gasteiger partial charge is 0.122 e. The van der Waals surface area contributed by atoms with Gasteiger partial charge in [-0.25, -0.2) is 0 Å². The predicted molar refractivity (Wildman–Crippen MR) is 85.1 cm³/mol. The summed E-state index contributed by atoms with van der Waals surface area (Å²) in [6, 6.07) is 10.5. The Labute approximate surface area is 133 Å². The van der Waals surface area contributed by atoms with E-state index in [0.29, 0.717) is 21.5 Å². The molecule has 0 aliphatic heterocycles. The van der Waals surface area contributed by atoms with Crippen molar-refractivity contribution in [2.24, 2.45) is 5.73 Å². The van der Waals surface area contributed by atoms with Crippen molar-refractivity contribution in [1.82, 2.24) is 0 Å². The van der Waals surface area contributed by atoms with Gasteiger partial charge in [-0.3, -0.25) is 0 Å². The van der Waals surface area contributed by atoms with E-state index in [-0.39, 0.29) is 6.04 Å². The monoisotopic (exact) mass is 329 g/mol. The topological polar surface area (TPSA) is 35.2 Å². The van der Waals surface area contributed by atoms with Gasteiger partial charge in [0.1, 0.15) is 5.75 Å². The summed E-state index contributed by atoms with van der Waals surface area (Å²) in [5.74, 6) is 0.762. The lowest BCUT2D eigenvalue weighted by Crippen LogP contribution is -2.14. The van der Waals surface area contributed by atoms with Gasteiger partial charge in [-0.2, -0.15) is 0 Å². The molecule has 0 amide bonds. The fourth-order valence-corrected chi connectivity index (χ4v) is 2.79. The molecule has 2 nitrogen and oxygen atoms in total. The summed E-state index contributed by atoms with van der Waals surface area (Å²) < 4.78 is 5.32. The van der Waals surface area contributed by atoms with E-state index in [1.807, 2.05) is 24.3 Å². The number of hydrogen-bond acceptors (Lipinski definition) is 2. The Balaban J connectivity index is 2.27. The van der Waals surface area contributed by atoms with Crippen LogP contribution in [0.2, 0.25) is 15.1 Å². The lowest BCUT2D eigenvalue weighted by Gasteiger charge is -2.15. The van der Waals surface area contributed by atoms with Crippen LogP contribution < -0.4 is 10.5 Å². The average molecular weight is 331 g/mol. The molecular formula is C15H14Cl3NO. The molecule has 2 rings (SSSR count). The fourth-order valence-electron chi connectivity index (χ4n) is 2.05. The van der Waals surface area contributed by atoms with Crippen LogP contribution in [0.15, 0.2) is 36.4 Å². The number of methoxy groups -OCH3 is 1. The van der Waals surface area contributed by atoms with E-state index in [0.717, 1.165) is 16.9 Å². The predicted octanol–water partition coefficient (Wildman–Crippen LogP) is 4.90. The van der Waals surface area contributed by atoms with Crippen molar-refractivity contribution in [2.75, 3.05) is 7.11 Å². The largest absolute Gasteiger partial charge is 0.496 e. The number of benzene rings is 2. The number of hydrogen-bond donors (Lipinski definition) is 1. The maximum atomic E-state index is 6.22. The molecule has 1 unspecified atom stereocenters. The summed E-state index contributed by atoms with van der Waals surface area (Å²) in [5.41, 5.74) is 8.05. The van der Waals surface area contributed by atoms with Gasteiger partial charge < -0.3 is 10.5 Å². The Morgan fingerprint density at radius 2 is 1.65 bits per heavy atom. The lowest BCUT2D eigenvalue weighted by atomic mass is 9.99. The third-order valence-electron chi connectivity index (χ3n) is 3.00. The number of nitrogens with two attached hydrogens (primary N) is 1. The zero-order chi connectivity index (χ0) is 14.7. The van der Waals surface area contributed by atoms with E-state index in [1.165, 1.54) is 0 Å². The molecule has 0 saturated heterocycles. The van der Waals surface area contributed by atoms with Crippen LogP contribution in [0.25, 0.3) is 0 Å². The first-order valence-corrected chi connectivity index (χ1v) is 7.17. The minimum absolute atomic E-state index is 0.237. The highest BCUT2D eigenvalue weighted by Crippen LogP contribution is 2.29. The van der Waals surface area contributed by atoms with Gasteiger partial charge in [0.15, 0.2) is 0 Å². The number of rotatable bonds is 4. The van der Waals surface area contributed by atoms with Crippen molar-refractivity contribution >= 4 is 34.8 Å². The highest BCUT2D eigenvalue weighted by molar-refractivity contribution is 6.34. The highest BCUT2D eigenvalue weighted by Gasteiger charge is 2.12. The maximum Gasteiger partial charge on any atom is 0.122 e. The van der Waals surface area contributed by atoms with Gasteiger partial charge in [0, 0.05) is 21.1 Å². The molecule has 0 aliphatic carbocycles. The maximum absolute atomic E-state index is 6.22. The van der Waals surface area contributed by atoms with Crippen molar-refractivity contribution < 1.29 is 4.74 Å². The minimum atomic E-state index is -0.237. The van der Waals surface area contributed by atoms with Gasteiger partial charge in [-0.1, -0.05) is 34.8 Å². The van der Waals surface area contributed by atoms with E-state index in [9.17, 15) is 0 Å². The van der Waals surface area contributed by atoms with Crippen LogP contribution in [-0.4, -0.2) is 7.11 Å². The molecule has 0 aromatic heterocycles. The van der Waals surface area contributed by atoms with Crippen LogP contribution in [0.3, 0.4) is 0 Å². The summed E-state index contributed by atoms with van der Waals surface area (Å²) in [6.45, 7) is 0. The van der Waals surface area contributed by atoms with Gasteiger partial charge >= 0.3 is 0 Å². The second kappa shape index (κ2) is 6.68. The molecule has 0 aliphatic rings. The summed E-state index contributed by atoms with van der Waals surface area (Å²) >= 11 is 18.0. The first-order valence-electron chi connectivity index (χ1n) is 6.03. The molecule has 2 aromatic rings. The second-order valence-electron chi connectivity index (χ2n) is 4.47. The van der Waals surface area contributed by atoms with Crippen LogP contribution in [0.5, 0.6) is 5.75 Å². The van der Waals surface area contributed by atoms with Gasteiger partial charge in [0.05, 0.1) is 7.11 Å². The molecule has 0 spiro atoms. The first-order chi connectivity index (χ1) is 9.49. The molecule has 106 valence electrons. The van der Waals surface area contributed by atoms with Crippen LogP contribution >= 0.6 is 34.8 Å². The molecule has 0 radical (unpaired) electrons. The van der Waals surface area contributed by atoms with Crippen LogP contribution in [0.4, 0.5) is 0 Å². The van der Waals surface area contributed by atoms with Crippen molar-refractivity contribution in [3.8, 4) is 5.75 Å². The molecule has 2 aromatic carbocycles. The zero-order valence-corrected chi connectivity index (χ0v) is 13.1. The van der Waals surface area contributed by atoms with Crippen molar-refractivity contribution in [1.29, 1.82) is 0 Å². The normalized spacial score (nSPS) is 12.2. The standard InChI is InChI=1S/C15H14Cl3NO/c1-20-15-3-2-11(16)6-10(15)7-14(19)9-4-12(17)8-13(18)5-9/h2-6,8,14H,7,19H2,1H3. The summed E-state index contributed by atoms with van der Waals surface area (Å²) in [4.78, 5) is 0. The van der Waals surface area contributed by atoms with Crippen LogP contribution in [-0.2, 0) is 6.42 Å². The van der Waals surface area contributed by atoms with Crippen molar-refractivity contribution in [2.45, 2.75) is 12.5 Å². The Kier molecular flexibility index (Phi) is 5.17. The lowest BCUT2D eigenvalue weighted by molar-refractivity contribution is 0.408. The molecule has 5 heteroatoms. The Morgan fingerprint density at radius 1 is 1.00 bits per heavy atom. The first kappa shape index (κ1) is 15.5. The SMILES string of the molecule is COc1ccc(Cl)cc1CC(N)c1cc(Cl)cc(Cl)c1. The van der Waals surface area contributed by atoms with E-state index < -0.39 is 0 Å².